The topological polar surface area (TPSA) is 46.5 Å². The molecule has 1 aromatic carbocycles. The van der Waals surface area contributed by atoms with Crippen LogP contribution in [0.15, 0.2) is 41.9 Å². The Kier molecular flexibility index (Phi) is 6.59. The lowest BCUT2D eigenvalue weighted by Crippen LogP contribution is -2.00. The van der Waals surface area contributed by atoms with E-state index in [0.29, 0.717) is 13.0 Å². The third-order valence-corrected chi connectivity index (χ3v) is 2.72. The minimum Gasteiger partial charge on any atom is -0.491 e. The van der Waals surface area contributed by atoms with Gasteiger partial charge < -0.3 is 9.84 Å². The molecule has 0 fully saturated rings. The number of rotatable bonds is 7. The quantitative estimate of drug-likeness (QED) is 0.604. The maximum absolute atomic E-state index is 13.9. The lowest BCUT2D eigenvalue weighted by atomic mass is 10.1. The van der Waals surface area contributed by atoms with Crippen LogP contribution in [0.1, 0.15) is 36.2 Å². The molecule has 1 rings (SSSR count). The lowest BCUT2D eigenvalue weighted by Gasteiger charge is -2.07. The molecule has 0 saturated carbocycles. The third-order valence-electron chi connectivity index (χ3n) is 2.72. The summed E-state index contributed by atoms with van der Waals surface area (Å²) in [4.78, 5) is 10.8. The number of ether oxygens (including phenoxy) is 1. The minimum absolute atomic E-state index is 0.0330. The number of carboxylic acids is 1. The number of benzene rings is 1. The fourth-order valence-electron chi connectivity index (χ4n) is 1.73. The van der Waals surface area contributed by atoms with E-state index in [1.165, 1.54) is 18.2 Å². The van der Waals surface area contributed by atoms with Crippen LogP contribution < -0.4 is 0 Å². The van der Waals surface area contributed by atoms with Crippen LogP contribution in [0.4, 0.5) is 8.78 Å². The predicted molar refractivity (Wildman–Crippen MR) is 76.3 cm³/mol. The highest BCUT2D eigenvalue weighted by Gasteiger charge is 2.09. The molecule has 3 nitrogen and oxygen atoms in total. The zero-order valence-corrected chi connectivity index (χ0v) is 12.0. The molecule has 0 aliphatic carbocycles. The van der Waals surface area contributed by atoms with Gasteiger partial charge in [0.2, 0.25) is 0 Å². The van der Waals surface area contributed by atoms with Gasteiger partial charge in [0.25, 0.3) is 0 Å². The molecule has 0 aliphatic heterocycles. The van der Waals surface area contributed by atoms with E-state index in [1.54, 1.807) is 13.0 Å². The summed E-state index contributed by atoms with van der Waals surface area (Å²) in [7, 11) is 0. The van der Waals surface area contributed by atoms with Gasteiger partial charge in [-0.3, -0.25) is 0 Å². The second kappa shape index (κ2) is 8.19. The van der Waals surface area contributed by atoms with Crippen molar-refractivity contribution in [2.75, 3.05) is 6.61 Å². The van der Waals surface area contributed by atoms with E-state index in [0.717, 1.165) is 6.07 Å². The van der Waals surface area contributed by atoms with Gasteiger partial charge in [-0.1, -0.05) is 6.92 Å². The highest BCUT2D eigenvalue weighted by Crippen LogP contribution is 2.17. The van der Waals surface area contributed by atoms with Crippen LogP contribution in [0.3, 0.4) is 0 Å². The van der Waals surface area contributed by atoms with Crippen LogP contribution in [0, 0.1) is 5.82 Å². The average Bonchev–Trinajstić information content (AvgIpc) is 2.45. The number of halogens is 2. The summed E-state index contributed by atoms with van der Waals surface area (Å²) in [5, 5.41) is 8.86. The molecule has 0 atom stereocenters. The molecule has 0 aliphatic rings. The zero-order chi connectivity index (χ0) is 15.8. The van der Waals surface area contributed by atoms with Crippen LogP contribution in [0.5, 0.6) is 0 Å². The van der Waals surface area contributed by atoms with E-state index in [-0.39, 0.29) is 23.3 Å². The first-order chi connectivity index (χ1) is 9.99. The fraction of sp³-hybridized carbons (Fsp3) is 0.312. The summed E-state index contributed by atoms with van der Waals surface area (Å²) in [6.45, 7) is 3.92. The smallest absolute Gasteiger partial charge is 0.335 e. The Balaban J connectivity index is 2.95. The molecule has 114 valence electrons. The van der Waals surface area contributed by atoms with Gasteiger partial charge in [0.15, 0.2) is 11.6 Å². The summed E-state index contributed by atoms with van der Waals surface area (Å²) in [5.41, 5.74) is 0.0896. The second-order valence-corrected chi connectivity index (χ2v) is 4.28. The van der Waals surface area contributed by atoms with Gasteiger partial charge in [-0.15, -0.1) is 0 Å². The SMILES string of the molecule is CC/C=C(OCC)\C(F)=C/Cc1cc(C(=O)O)ccc1F. The van der Waals surface area contributed by atoms with E-state index in [2.05, 4.69) is 0 Å². The van der Waals surface area contributed by atoms with Crippen LogP contribution in [-0.2, 0) is 11.2 Å². The van der Waals surface area contributed by atoms with Gasteiger partial charge in [-0.2, -0.15) is 0 Å². The minimum atomic E-state index is -1.15. The monoisotopic (exact) mass is 296 g/mol. The molecule has 0 unspecified atom stereocenters. The molecule has 1 aromatic rings. The standard InChI is InChI=1S/C16H18F2O3/c1-3-5-15(21-4-2)14(18)9-6-11-10-12(16(19)20)7-8-13(11)17/h5,7-10H,3-4,6H2,1-2H3,(H,19,20)/b14-9+,15-5+. The summed E-state index contributed by atoms with van der Waals surface area (Å²) >= 11 is 0. The van der Waals surface area contributed by atoms with Crippen molar-refractivity contribution in [3.63, 3.8) is 0 Å². The molecular weight excluding hydrogens is 278 g/mol. The van der Waals surface area contributed by atoms with Gasteiger partial charge >= 0.3 is 5.97 Å². The largest absolute Gasteiger partial charge is 0.491 e. The molecule has 1 N–H and O–H groups in total. The van der Waals surface area contributed by atoms with E-state index < -0.39 is 17.6 Å². The number of carbonyl (C=O) groups is 1. The summed E-state index contributed by atoms with van der Waals surface area (Å²) in [6, 6.07) is 3.44. The van der Waals surface area contributed by atoms with Crippen molar-refractivity contribution in [1.82, 2.24) is 0 Å². The van der Waals surface area contributed by atoms with Crippen LogP contribution in [0.25, 0.3) is 0 Å². The zero-order valence-electron chi connectivity index (χ0n) is 12.0. The van der Waals surface area contributed by atoms with Crippen molar-refractivity contribution >= 4 is 5.97 Å². The van der Waals surface area contributed by atoms with Gasteiger partial charge in [-0.25, -0.2) is 13.6 Å². The number of carboxylic acid groups (broad SMARTS) is 1. The summed E-state index contributed by atoms with van der Waals surface area (Å²) in [6.07, 6.45) is 3.34. The van der Waals surface area contributed by atoms with Crippen molar-refractivity contribution in [3.05, 3.63) is 58.9 Å². The Morgan fingerprint density at radius 2 is 2.05 bits per heavy atom. The van der Waals surface area contributed by atoms with Crippen molar-refractivity contribution in [2.24, 2.45) is 0 Å². The molecule has 0 saturated heterocycles. The maximum Gasteiger partial charge on any atom is 0.335 e. The predicted octanol–water partition coefficient (Wildman–Crippen LogP) is 4.25. The van der Waals surface area contributed by atoms with Gasteiger partial charge in [0, 0.05) is 0 Å². The first-order valence-corrected chi connectivity index (χ1v) is 6.70. The van der Waals surface area contributed by atoms with Gasteiger partial charge in [0.1, 0.15) is 5.82 Å². The normalized spacial score (nSPS) is 12.4. The lowest BCUT2D eigenvalue weighted by molar-refractivity contribution is 0.0696. The average molecular weight is 296 g/mol. The first kappa shape index (κ1) is 16.9. The molecule has 5 heteroatoms. The van der Waals surface area contributed by atoms with E-state index in [1.807, 2.05) is 6.92 Å². The molecule has 0 radical (unpaired) electrons. The Morgan fingerprint density at radius 3 is 2.62 bits per heavy atom. The van der Waals surface area contributed by atoms with Gasteiger partial charge in [0.05, 0.1) is 12.2 Å². The Labute approximate surface area is 122 Å². The molecule has 0 bridgehead atoms. The summed E-state index contributed by atoms with van der Waals surface area (Å²) in [5.74, 6) is -2.18. The van der Waals surface area contributed by atoms with Gasteiger partial charge in [-0.05, 0) is 55.7 Å². The number of aromatic carboxylic acids is 1. The molecular formula is C16H18F2O3. The summed E-state index contributed by atoms with van der Waals surface area (Å²) < 4.78 is 32.7. The molecule has 21 heavy (non-hydrogen) atoms. The highest BCUT2D eigenvalue weighted by atomic mass is 19.1. The van der Waals surface area contributed by atoms with Crippen LogP contribution in [0.2, 0.25) is 0 Å². The fourth-order valence-corrected chi connectivity index (χ4v) is 1.73. The van der Waals surface area contributed by atoms with Crippen molar-refractivity contribution in [2.45, 2.75) is 26.7 Å². The van der Waals surface area contributed by atoms with E-state index in [9.17, 15) is 13.6 Å². The maximum atomic E-state index is 13.9. The van der Waals surface area contributed by atoms with E-state index in [4.69, 9.17) is 9.84 Å². The molecule has 0 spiro atoms. The highest BCUT2D eigenvalue weighted by molar-refractivity contribution is 5.87. The molecule has 0 amide bonds. The Morgan fingerprint density at radius 1 is 1.33 bits per heavy atom. The number of hydrogen-bond donors (Lipinski definition) is 1. The Bertz CT molecular complexity index is 563. The van der Waals surface area contributed by atoms with Crippen LogP contribution in [-0.4, -0.2) is 17.7 Å². The van der Waals surface area contributed by atoms with Crippen molar-refractivity contribution in [3.8, 4) is 0 Å². The molecule has 0 aromatic heterocycles. The first-order valence-electron chi connectivity index (χ1n) is 6.70. The van der Waals surface area contributed by atoms with Crippen molar-refractivity contribution < 1.29 is 23.4 Å². The van der Waals surface area contributed by atoms with Crippen molar-refractivity contribution in [1.29, 1.82) is 0 Å². The number of allylic oxidation sites excluding steroid dienone is 3. The van der Waals surface area contributed by atoms with E-state index >= 15 is 0 Å². The Hall–Kier alpha value is -2.17. The second-order valence-electron chi connectivity index (χ2n) is 4.28. The number of hydrogen-bond acceptors (Lipinski definition) is 2. The van der Waals surface area contributed by atoms with Crippen LogP contribution >= 0.6 is 0 Å². The molecule has 0 heterocycles. The third kappa shape index (κ3) is 5.02.